The summed E-state index contributed by atoms with van der Waals surface area (Å²) in [6.07, 6.45) is 0.212. The van der Waals surface area contributed by atoms with Crippen molar-refractivity contribution in [3.63, 3.8) is 0 Å². The number of ether oxygens (including phenoxy) is 3. The van der Waals surface area contributed by atoms with E-state index < -0.39 is 42.3 Å². The average molecular weight is 736 g/mol. The zero-order valence-electron chi connectivity index (χ0n) is 33.5. The molecule has 1 heterocycles. The molecule has 0 aromatic heterocycles. The van der Waals surface area contributed by atoms with E-state index in [4.69, 9.17) is 14.2 Å². The number of rotatable bonds is 21. The SMILES string of the molecule is CC[C@H](C)[C@@H]([C@@H](CC(=O)N1C[C@H](OC)C[C@@H]1[C@H](OC)[C@@H](C)C(=O)NCCc1ccc(F)cc1)OC)N(C)C(=O)C(NC(=O)[C@@H](NC)C(C)C)C(C)C. The second-order valence-corrected chi connectivity index (χ2v) is 14.9. The Morgan fingerprint density at radius 2 is 1.56 bits per heavy atom. The summed E-state index contributed by atoms with van der Waals surface area (Å²) in [5, 5.41) is 8.98. The van der Waals surface area contributed by atoms with Gasteiger partial charge in [0, 0.05) is 41.5 Å². The minimum Gasteiger partial charge on any atom is -0.380 e. The highest BCUT2D eigenvalue weighted by Gasteiger charge is 2.45. The smallest absolute Gasteiger partial charge is 0.245 e. The van der Waals surface area contributed by atoms with Gasteiger partial charge in [-0.05, 0) is 55.3 Å². The first-order valence-electron chi connectivity index (χ1n) is 18.7. The highest BCUT2D eigenvalue weighted by molar-refractivity contribution is 5.90. The van der Waals surface area contributed by atoms with Crippen LogP contribution in [0.4, 0.5) is 4.39 Å². The van der Waals surface area contributed by atoms with Gasteiger partial charge in [0.15, 0.2) is 0 Å². The van der Waals surface area contributed by atoms with Crippen LogP contribution in [0.5, 0.6) is 0 Å². The first kappa shape index (κ1) is 45.0. The molecule has 2 rings (SSSR count). The normalized spacial score (nSPS) is 20.2. The molecule has 4 amide bonds. The number of likely N-dealkylation sites (tertiary alicyclic amines) is 1. The highest BCUT2D eigenvalue weighted by atomic mass is 19.1. The van der Waals surface area contributed by atoms with Gasteiger partial charge in [0.1, 0.15) is 11.9 Å². The molecule has 1 saturated heterocycles. The van der Waals surface area contributed by atoms with E-state index in [1.165, 1.54) is 19.2 Å². The molecule has 0 bridgehead atoms. The van der Waals surface area contributed by atoms with Gasteiger partial charge >= 0.3 is 0 Å². The summed E-state index contributed by atoms with van der Waals surface area (Å²) < 4.78 is 30.9. The topological polar surface area (TPSA) is 139 Å². The molecular formula is C39H66FN5O7. The van der Waals surface area contributed by atoms with Crippen LogP contribution in [0.25, 0.3) is 0 Å². The Hall–Kier alpha value is -3.13. The number of halogens is 1. The van der Waals surface area contributed by atoms with Gasteiger partial charge in [0.25, 0.3) is 0 Å². The molecule has 1 aromatic rings. The lowest BCUT2D eigenvalue weighted by Gasteiger charge is -2.41. The van der Waals surface area contributed by atoms with Gasteiger partial charge in [-0.3, -0.25) is 19.2 Å². The molecule has 13 heteroatoms. The number of carbonyl (C=O) groups excluding carboxylic acids is 4. The van der Waals surface area contributed by atoms with Crippen molar-refractivity contribution < 1.29 is 37.8 Å². The van der Waals surface area contributed by atoms with Crippen molar-refractivity contribution in [3.8, 4) is 0 Å². The zero-order valence-corrected chi connectivity index (χ0v) is 33.5. The van der Waals surface area contributed by atoms with Crippen molar-refractivity contribution in [2.45, 2.75) is 117 Å². The van der Waals surface area contributed by atoms with Crippen LogP contribution in [0, 0.1) is 29.5 Å². The van der Waals surface area contributed by atoms with Crippen LogP contribution in [-0.2, 0) is 39.8 Å². The second kappa shape index (κ2) is 21.5. The molecular weight excluding hydrogens is 669 g/mol. The summed E-state index contributed by atoms with van der Waals surface area (Å²) in [7, 11) is 8.13. The maximum Gasteiger partial charge on any atom is 0.245 e. The Bertz CT molecular complexity index is 1280. The standard InChI is InChI=1S/C39H66FN5O7/c1-13-25(6)35(44(9)39(49)34(24(4)5)43-38(48)33(41-8)23(2)3)31(51-11)21-32(46)45-22-29(50-10)20-30(45)36(52-12)26(7)37(47)42-19-18-27-14-16-28(40)17-15-27/h14-17,23-26,29-31,33-36,41H,13,18-22H2,1-12H3,(H,42,47)(H,43,48)/t25-,26+,29+,30+,31+,33-,34?,35-,36+/m0/s1. The quantitative estimate of drug-likeness (QED) is 0.175. The van der Waals surface area contributed by atoms with E-state index in [0.29, 0.717) is 25.9 Å². The van der Waals surface area contributed by atoms with E-state index in [2.05, 4.69) is 16.0 Å². The maximum absolute atomic E-state index is 14.3. The molecule has 1 aliphatic rings. The van der Waals surface area contributed by atoms with E-state index in [1.54, 1.807) is 57.2 Å². The first-order chi connectivity index (χ1) is 24.6. The van der Waals surface area contributed by atoms with Crippen LogP contribution in [0.3, 0.4) is 0 Å². The third kappa shape index (κ3) is 11.9. The van der Waals surface area contributed by atoms with Gasteiger partial charge in [-0.2, -0.15) is 0 Å². The predicted octanol–water partition coefficient (Wildman–Crippen LogP) is 3.41. The fourth-order valence-corrected chi connectivity index (χ4v) is 7.34. The summed E-state index contributed by atoms with van der Waals surface area (Å²) in [6, 6.07) is 4.02. The minimum absolute atomic E-state index is 0.0153. The molecule has 1 fully saturated rings. The molecule has 1 aliphatic heterocycles. The first-order valence-corrected chi connectivity index (χ1v) is 18.7. The molecule has 52 heavy (non-hydrogen) atoms. The lowest BCUT2D eigenvalue weighted by molar-refractivity contribution is -0.147. The van der Waals surface area contributed by atoms with Crippen molar-refractivity contribution in [2.75, 3.05) is 48.5 Å². The van der Waals surface area contributed by atoms with Crippen LogP contribution < -0.4 is 16.0 Å². The fraction of sp³-hybridized carbons (Fsp3) is 0.744. The molecule has 296 valence electrons. The summed E-state index contributed by atoms with van der Waals surface area (Å²) >= 11 is 0. The number of benzene rings is 1. The highest BCUT2D eigenvalue weighted by Crippen LogP contribution is 2.31. The fourth-order valence-electron chi connectivity index (χ4n) is 7.34. The van der Waals surface area contributed by atoms with E-state index in [1.807, 2.05) is 41.5 Å². The van der Waals surface area contributed by atoms with E-state index in [-0.39, 0.29) is 59.7 Å². The minimum atomic E-state index is -0.775. The Labute approximate surface area is 311 Å². The Morgan fingerprint density at radius 3 is 2.06 bits per heavy atom. The molecule has 12 nitrogen and oxygen atoms in total. The van der Waals surface area contributed by atoms with Crippen LogP contribution in [0.15, 0.2) is 24.3 Å². The molecule has 0 spiro atoms. The number of hydrogen-bond acceptors (Lipinski definition) is 8. The number of carbonyl (C=O) groups is 4. The van der Waals surface area contributed by atoms with Gasteiger partial charge in [0.05, 0.1) is 48.8 Å². The van der Waals surface area contributed by atoms with E-state index in [9.17, 15) is 23.6 Å². The number of amides is 4. The summed E-state index contributed by atoms with van der Waals surface area (Å²) in [5.74, 6) is -2.01. The Kier molecular flexibility index (Phi) is 18.7. The Balaban J connectivity index is 2.27. The van der Waals surface area contributed by atoms with Crippen LogP contribution in [0.1, 0.15) is 73.3 Å². The number of nitrogens with one attached hydrogen (secondary N) is 3. The number of likely N-dealkylation sites (N-methyl/N-ethyl adjacent to an activating group) is 2. The lowest BCUT2D eigenvalue weighted by atomic mass is 9.89. The molecule has 0 saturated carbocycles. The summed E-state index contributed by atoms with van der Waals surface area (Å²) in [4.78, 5) is 58.3. The van der Waals surface area contributed by atoms with E-state index >= 15 is 0 Å². The van der Waals surface area contributed by atoms with E-state index in [0.717, 1.165) is 12.0 Å². The molecule has 3 N–H and O–H groups in total. The van der Waals surface area contributed by atoms with Crippen molar-refractivity contribution >= 4 is 23.6 Å². The molecule has 9 atom stereocenters. The van der Waals surface area contributed by atoms with Crippen molar-refractivity contribution in [2.24, 2.45) is 23.7 Å². The van der Waals surface area contributed by atoms with Gasteiger partial charge in [-0.15, -0.1) is 0 Å². The second-order valence-electron chi connectivity index (χ2n) is 14.9. The van der Waals surface area contributed by atoms with Crippen molar-refractivity contribution in [3.05, 3.63) is 35.6 Å². The van der Waals surface area contributed by atoms with Gasteiger partial charge in [0.2, 0.25) is 23.6 Å². The largest absolute Gasteiger partial charge is 0.380 e. The molecule has 0 aliphatic carbocycles. The van der Waals surface area contributed by atoms with Crippen LogP contribution in [0.2, 0.25) is 0 Å². The molecule has 1 aromatic carbocycles. The monoisotopic (exact) mass is 735 g/mol. The zero-order chi connectivity index (χ0) is 39.3. The lowest BCUT2D eigenvalue weighted by Crippen LogP contribution is -2.59. The summed E-state index contributed by atoms with van der Waals surface area (Å²) in [5.41, 5.74) is 0.905. The third-order valence-electron chi connectivity index (χ3n) is 10.7. The van der Waals surface area contributed by atoms with Crippen LogP contribution >= 0.6 is 0 Å². The third-order valence-corrected chi connectivity index (χ3v) is 10.7. The van der Waals surface area contributed by atoms with Crippen molar-refractivity contribution in [1.29, 1.82) is 0 Å². The van der Waals surface area contributed by atoms with Gasteiger partial charge < -0.3 is 40.0 Å². The maximum atomic E-state index is 14.3. The summed E-state index contributed by atoms with van der Waals surface area (Å²) in [6.45, 7) is 14.2. The van der Waals surface area contributed by atoms with Gasteiger partial charge in [-0.25, -0.2) is 4.39 Å². The number of nitrogens with zero attached hydrogens (tertiary/aromatic N) is 2. The predicted molar refractivity (Wildman–Crippen MR) is 200 cm³/mol. The van der Waals surface area contributed by atoms with Gasteiger partial charge in [-0.1, -0.05) is 67.0 Å². The molecule has 1 unspecified atom stereocenters. The molecule has 0 radical (unpaired) electrons. The average Bonchev–Trinajstić information content (AvgIpc) is 3.55. The number of methoxy groups -OCH3 is 3. The van der Waals surface area contributed by atoms with Crippen LogP contribution in [-0.4, -0.2) is 124 Å². The Morgan fingerprint density at radius 1 is 0.942 bits per heavy atom. The number of hydrogen-bond donors (Lipinski definition) is 3. The van der Waals surface area contributed by atoms with Crippen molar-refractivity contribution in [1.82, 2.24) is 25.8 Å².